The van der Waals surface area contributed by atoms with E-state index in [1.54, 1.807) is 0 Å². The maximum atomic E-state index is 5.54. The van der Waals surface area contributed by atoms with Crippen LogP contribution in [0.5, 0.6) is 5.75 Å². The van der Waals surface area contributed by atoms with Crippen LogP contribution >= 0.6 is 0 Å². The minimum atomic E-state index is 0.753. The van der Waals surface area contributed by atoms with Gasteiger partial charge >= 0.3 is 0 Å². The van der Waals surface area contributed by atoms with Gasteiger partial charge in [-0.1, -0.05) is 51.2 Å². The Kier molecular flexibility index (Phi) is 7.25. The van der Waals surface area contributed by atoms with E-state index in [4.69, 9.17) is 4.74 Å². The highest BCUT2D eigenvalue weighted by atomic mass is 16.5. The van der Waals surface area contributed by atoms with Crippen LogP contribution in [0.15, 0.2) is 24.3 Å². The zero-order chi connectivity index (χ0) is 17.5. The molecule has 0 aromatic heterocycles. The van der Waals surface area contributed by atoms with Crippen molar-refractivity contribution >= 4 is 0 Å². The summed E-state index contributed by atoms with van der Waals surface area (Å²) >= 11 is 0. The number of hydrogen-bond donors (Lipinski definition) is 0. The van der Waals surface area contributed by atoms with Crippen molar-refractivity contribution in [1.29, 1.82) is 0 Å². The number of hydrogen-bond acceptors (Lipinski definition) is 1. The third-order valence-electron chi connectivity index (χ3n) is 7.10. The minimum Gasteiger partial charge on any atom is -0.494 e. The lowest BCUT2D eigenvalue weighted by atomic mass is 9.68. The third kappa shape index (κ3) is 5.50. The predicted octanol–water partition coefficient (Wildman–Crippen LogP) is 7.04. The summed E-state index contributed by atoms with van der Waals surface area (Å²) in [4.78, 5) is 0. The number of aryl methyl sites for hydroxylation is 1. The highest BCUT2D eigenvalue weighted by Crippen LogP contribution is 2.42. The Morgan fingerprint density at radius 3 is 1.84 bits per heavy atom. The normalized spacial score (nSPS) is 30.2. The van der Waals surface area contributed by atoms with Crippen LogP contribution in [0.1, 0.15) is 83.6 Å². The highest BCUT2D eigenvalue weighted by Gasteiger charge is 2.30. The Morgan fingerprint density at radius 2 is 1.32 bits per heavy atom. The summed E-state index contributed by atoms with van der Waals surface area (Å²) in [5, 5.41) is 0. The summed E-state index contributed by atoms with van der Waals surface area (Å²) < 4.78 is 5.54. The molecule has 3 rings (SSSR count). The van der Waals surface area contributed by atoms with Crippen molar-refractivity contribution in [2.24, 2.45) is 23.7 Å². The highest BCUT2D eigenvalue weighted by molar-refractivity contribution is 5.27. The van der Waals surface area contributed by atoms with Crippen molar-refractivity contribution in [3.8, 4) is 5.75 Å². The van der Waals surface area contributed by atoms with Crippen LogP contribution in [0.3, 0.4) is 0 Å². The second-order valence-corrected chi connectivity index (χ2v) is 8.59. The first-order valence-corrected chi connectivity index (χ1v) is 11.0. The van der Waals surface area contributed by atoms with E-state index < -0.39 is 0 Å². The van der Waals surface area contributed by atoms with Crippen LogP contribution < -0.4 is 4.74 Å². The van der Waals surface area contributed by atoms with Gasteiger partial charge in [-0.25, -0.2) is 0 Å². The second kappa shape index (κ2) is 9.64. The summed E-state index contributed by atoms with van der Waals surface area (Å²) in [6.45, 7) is 5.17. The molecule has 1 aromatic rings. The molecule has 1 aromatic carbocycles. The van der Waals surface area contributed by atoms with E-state index in [-0.39, 0.29) is 0 Å². The molecule has 0 N–H and O–H groups in total. The Hall–Kier alpha value is -0.980. The van der Waals surface area contributed by atoms with Gasteiger partial charge in [-0.2, -0.15) is 0 Å². The quantitative estimate of drug-likeness (QED) is 0.516. The van der Waals surface area contributed by atoms with Gasteiger partial charge in [0.25, 0.3) is 0 Å². The molecular formula is C24H38O. The SMILES string of the molecule is CCOc1ccc(CCC2CCC(C3CCC(CC)CC3)CC2)cc1. The zero-order valence-corrected chi connectivity index (χ0v) is 16.5. The van der Waals surface area contributed by atoms with Crippen molar-refractivity contribution in [3.63, 3.8) is 0 Å². The van der Waals surface area contributed by atoms with Gasteiger partial charge in [0.1, 0.15) is 5.75 Å². The first-order valence-electron chi connectivity index (χ1n) is 11.0. The first-order chi connectivity index (χ1) is 12.3. The van der Waals surface area contributed by atoms with Crippen molar-refractivity contribution in [1.82, 2.24) is 0 Å². The number of rotatable bonds is 7. The predicted molar refractivity (Wildman–Crippen MR) is 107 cm³/mol. The molecule has 0 heterocycles. The van der Waals surface area contributed by atoms with E-state index in [1.165, 1.54) is 76.2 Å². The molecule has 0 radical (unpaired) electrons. The fourth-order valence-corrected chi connectivity index (χ4v) is 5.31. The van der Waals surface area contributed by atoms with Gasteiger partial charge in [0.15, 0.2) is 0 Å². The average molecular weight is 343 g/mol. The zero-order valence-electron chi connectivity index (χ0n) is 16.5. The van der Waals surface area contributed by atoms with Crippen molar-refractivity contribution in [3.05, 3.63) is 29.8 Å². The standard InChI is InChI=1S/C24H38O/c1-3-19-7-13-22(14-8-19)23-15-9-20(10-16-23)5-6-21-11-17-24(18-12-21)25-4-2/h11-12,17-20,22-23H,3-10,13-16H2,1-2H3. The monoisotopic (exact) mass is 342 g/mol. The van der Waals surface area contributed by atoms with E-state index in [1.807, 2.05) is 6.92 Å². The van der Waals surface area contributed by atoms with Crippen LogP contribution in [0.25, 0.3) is 0 Å². The summed E-state index contributed by atoms with van der Waals surface area (Å²) in [6.07, 6.45) is 16.1. The molecule has 0 aliphatic heterocycles. The molecule has 2 aliphatic carbocycles. The Bertz CT molecular complexity index is 475. The van der Waals surface area contributed by atoms with Crippen LogP contribution in [0.2, 0.25) is 0 Å². The summed E-state index contributed by atoms with van der Waals surface area (Å²) in [7, 11) is 0. The molecular weight excluding hydrogens is 304 g/mol. The smallest absolute Gasteiger partial charge is 0.119 e. The largest absolute Gasteiger partial charge is 0.494 e. The maximum absolute atomic E-state index is 5.54. The molecule has 0 amide bonds. The molecule has 2 aliphatic rings. The molecule has 1 nitrogen and oxygen atoms in total. The van der Waals surface area contributed by atoms with Gasteiger partial charge in [0.05, 0.1) is 6.61 Å². The molecule has 0 spiro atoms. The van der Waals surface area contributed by atoms with Crippen LogP contribution in [0.4, 0.5) is 0 Å². The lowest BCUT2D eigenvalue weighted by molar-refractivity contribution is 0.142. The van der Waals surface area contributed by atoms with Gasteiger partial charge in [0, 0.05) is 0 Å². The van der Waals surface area contributed by atoms with Gasteiger partial charge < -0.3 is 4.74 Å². The molecule has 0 unspecified atom stereocenters. The summed E-state index contributed by atoms with van der Waals surface area (Å²) in [6, 6.07) is 8.76. The fourth-order valence-electron chi connectivity index (χ4n) is 5.31. The van der Waals surface area contributed by atoms with Crippen LogP contribution in [0, 0.1) is 23.7 Å². The molecule has 2 fully saturated rings. The fraction of sp³-hybridized carbons (Fsp3) is 0.750. The molecule has 25 heavy (non-hydrogen) atoms. The third-order valence-corrected chi connectivity index (χ3v) is 7.10. The Morgan fingerprint density at radius 1 is 0.760 bits per heavy atom. The molecule has 140 valence electrons. The lowest BCUT2D eigenvalue weighted by Gasteiger charge is -2.37. The van der Waals surface area contributed by atoms with Crippen LogP contribution in [-0.2, 0) is 6.42 Å². The van der Waals surface area contributed by atoms with Gasteiger partial charge in [0.2, 0.25) is 0 Å². The average Bonchev–Trinajstić information content (AvgIpc) is 2.68. The van der Waals surface area contributed by atoms with E-state index >= 15 is 0 Å². The van der Waals surface area contributed by atoms with Crippen molar-refractivity contribution in [2.45, 2.75) is 84.5 Å². The van der Waals surface area contributed by atoms with E-state index in [0.717, 1.165) is 36.0 Å². The van der Waals surface area contributed by atoms with Crippen molar-refractivity contribution < 1.29 is 4.74 Å². The summed E-state index contributed by atoms with van der Waals surface area (Å²) in [5.74, 6) is 5.13. The van der Waals surface area contributed by atoms with E-state index in [2.05, 4.69) is 31.2 Å². The van der Waals surface area contributed by atoms with Gasteiger partial charge in [-0.3, -0.25) is 0 Å². The Labute approximate surface area is 155 Å². The maximum Gasteiger partial charge on any atom is 0.119 e. The second-order valence-electron chi connectivity index (χ2n) is 8.59. The lowest BCUT2D eigenvalue weighted by Crippen LogP contribution is -2.25. The van der Waals surface area contributed by atoms with E-state index in [0.29, 0.717) is 0 Å². The Balaban J connectivity index is 1.36. The van der Waals surface area contributed by atoms with E-state index in [9.17, 15) is 0 Å². The molecule has 1 heteroatoms. The van der Waals surface area contributed by atoms with Crippen LogP contribution in [-0.4, -0.2) is 6.61 Å². The molecule has 0 saturated heterocycles. The molecule has 0 bridgehead atoms. The minimum absolute atomic E-state index is 0.753. The van der Waals surface area contributed by atoms with Crippen molar-refractivity contribution in [2.75, 3.05) is 6.61 Å². The van der Waals surface area contributed by atoms with Gasteiger partial charge in [-0.05, 0) is 86.8 Å². The first kappa shape index (κ1) is 18.8. The molecule has 2 saturated carbocycles. The topological polar surface area (TPSA) is 9.23 Å². The van der Waals surface area contributed by atoms with Gasteiger partial charge in [-0.15, -0.1) is 0 Å². The summed E-state index contributed by atoms with van der Waals surface area (Å²) in [5.41, 5.74) is 1.48. The number of benzene rings is 1. The molecule has 0 atom stereocenters. The number of ether oxygens (including phenoxy) is 1.